The van der Waals surface area contributed by atoms with E-state index in [0.29, 0.717) is 11.5 Å². The van der Waals surface area contributed by atoms with Gasteiger partial charge in [-0.1, -0.05) is 31.2 Å². The van der Waals surface area contributed by atoms with Gasteiger partial charge in [-0.05, 0) is 13.3 Å². The van der Waals surface area contributed by atoms with Crippen molar-refractivity contribution >= 4 is 11.6 Å². The molecule has 0 saturated heterocycles. The molecule has 1 unspecified atom stereocenters. The van der Waals surface area contributed by atoms with Gasteiger partial charge in [0.1, 0.15) is 0 Å². The van der Waals surface area contributed by atoms with Gasteiger partial charge in [-0.15, -0.1) is 0 Å². The van der Waals surface area contributed by atoms with Crippen LogP contribution in [0, 0.1) is 5.92 Å². The molecule has 0 saturated carbocycles. The van der Waals surface area contributed by atoms with Crippen molar-refractivity contribution in [1.29, 1.82) is 0 Å². The smallest absolute Gasteiger partial charge is 0.0959 e. The molecule has 0 N–H and O–H groups in total. The summed E-state index contributed by atoms with van der Waals surface area (Å²) in [5.74, 6) is -0.469. The fraction of sp³-hybridized carbons (Fsp3) is 0.500. The maximum absolute atomic E-state index is 12.3. The van der Waals surface area contributed by atoms with E-state index in [4.69, 9.17) is 11.6 Å². The monoisotopic (exact) mass is 162 g/mol. The van der Waals surface area contributed by atoms with Crippen molar-refractivity contribution in [2.24, 2.45) is 5.92 Å². The third-order valence-corrected chi connectivity index (χ3v) is 1.72. The van der Waals surface area contributed by atoms with E-state index in [9.17, 15) is 4.39 Å². The Kier molecular flexibility index (Phi) is 4.37. The van der Waals surface area contributed by atoms with E-state index in [0.717, 1.165) is 0 Å². The van der Waals surface area contributed by atoms with Crippen LogP contribution in [-0.4, -0.2) is 0 Å². The standard InChI is InChI=1S/C8H12ClF/c1-4-8(9)5-6(2)7(3)10/h4,6H,3,5H2,1-2H3/b8-4+. The molecular weight excluding hydrogens is 151 g/mol. The maximum atomic E-state index is 12.3. The summed E-state index contributed by atoms with van der Waals surface area (Å²) in [5, 5.41) is 0.686. The van der Waals surface area contributed by atoms with E-state index in [1.54, 1.807) is 13.0 Å². The molecule has 2 heteroatoms. The molecule has 0 radical (unpaired) electrons. The molecule has 0 aromatic heterocycles. The molecule has 0 aromatic rings. The minimum atomic E-state index is -0.306. The van der Waals surface area contributed by atoms with Gasteiger partial charge in [-0.25, -0.2) is 4.39 Å². The first-order valence-electron chi connectivity index (χ1n) is 3.23. The van der Waals surface area contributed by atoms with Gasteiger partial charge >= 0.3 is 0 Å². The molecule has 0 aromatic carbocycles. The Hall–Kier alpha value is -0.300. The molecule has 0 aliphatic carbocycles. The fourth-order valence-corrected chi connectivity index (χ4v) is 0.753. The van der Waals surface area contributed by atoms with Gasteiger partial charge in [0.2, 0.25) is 0 Å². The number of allylic oxidation sites excluding steroid dienone is 3. The summed E-state index contributed by atoms with van der Waals surface area (Å²) in [6, 6.07) is 0. The Morgan fingerprint density at radius 3 is 2.60 bits per heavy atom. The van der Waals surface area contributed by atoms with Gasteiger partial charge in [0.05, 0.1) is 5.83 Å². The number of rotatable bonds is 3. The Balaban J connectivity index is 3.80. The Labute approximate surface area is 66.4 Å². The summed E-state index contributed by atoms with van der Waals surface area (Å²) in [6.07, 6.45) is 2.31. The van der Waals surface area contributed by atoms with Gasteiger partial charge in [-0.3, -0.25) is 0 Å². The molecule has 0 aliphatic rings. The predicted molar refractivity (Wildman–Crippen MR) is 43.6 cm³/mol. The third-order valence-electron chi connectivity index (χ3n) is 1.35. The highest BCUT2D eigenvalue weighted by molar-refractivity contribution is 6.29. The molecule has 1 atom stereocenters. The van der Waals surface area contributed by atoms with E-state index in [1.807, 2.05) is 6.92 Å². The highest BCUT2D eigenvalue weighted by Crippen LogP contribution is 2.20. The lowest BCUT2D eigenvalue weighted by Crippen LogP contribution is -1.93. The minimum Gasteiger partial charge on any atom is -0.212 e. The Morgan fingerprint density at radius 1 is 1.80 bits per heavy atom. The molecule has 0 rings (SSSR count). The number of hydrogen-bond donors (Lipinski definition) is 0. The van der Waals surface area contributed by atoms with Gasteiger partial charge < -0.3 is 0 Å². The Morgan fingerprint density at radius 2 is 2.30 bits per heavy atom. The zero-order valence-electron chi connectivity index (χ0n) is 6.32. The molecule has 0 aliphatic heterocycles. The fourth-order valence-electron chi connectivity index (χ4n) is 0.521. The summed E-state index contributed by atoms with van der Waals surface area (Å²) in [5.41, 5.74) is 0. The third kappa shape index (κ3) is 3.67. The van der Waals surface area contributed by atoms with Crippen LogP contribution in [0.15, 0.2) is 23.5 Å². The summed E-state index contributed by atoms with van der Waals surface area (Å²) in [4.78, 5) is 0. The van der Waals surface area contributed by atoms with E-state index in [-0.39, 0.29) is 11.7 Å². The van der Waals surface area contributed by atoms with Crippen LogP contribution >= 0.6 is 11.6 Å². The largest absolute Gasteiger partial charge is 0.212 e. The number of halogens is 2. The average Bonchev–Trinajstić information content (AvgIpc) is 1.87. The first-order valence-corrected chi connectivity index (χ1v) is 3.60. The van der Waals surface area contributed by atoms with Crippen molar-refractivity contribution in [2.75, 3.05) is 0 Å². The number of hydrogen-bond acceptors (Lipinski definition) is 0. The highest BCUT2D eigenvalue weighted by atomic mass is 35.5. The van der Waals surface area contributed by atoms with E-state index < -0.39 is 0 Å². The lowest BCUT2D eigenvalue weighted by Gasteiger charge is -2.05. The quantitative estimate of drug-likeness (QED) is 0.595. The molecule has 0 amide bonds. The van der Waals surface area contributed by atoms with Crippen LogP contribution in [0.25, 0.3) is 0 Å². The minimum absolute atomic E-state index is 0.163. The molecular formula is C8H12ClF. The van der Waals surface area contributed by atoms with Crippen LogP contribution in [0.3, 0.4) is 0 Å². The van der Waals surface area contributed by atoms with Gasteiger partial charge in [-0.2, -0.15) is 0 Å². The van der Waals surface area contributed by atoms with Gasteiger partial charge in [0.15, 0.2) is 0 Å². The van der Waals surface area contributed by atoms with Crippen LogP contribution in [0.5, 0.6) is 0 Å². The van der Waals surface area contributed by atoms with Crippen LogP contribution in [0.4, 0.5) is 4.39 Å². The van der Waals surface area contributed by atoms with E-state index in [1.165, 1.54) is 0 Å². The second-order valence-corrected chi connectivity index (χ2v) is 2.77. The van der Waals surface area contributed by atoms with Crippen molar-refractivity contribution in [3.05, 3.63) is 23.5 Å². The van der Waals surface area contributed by atoms with Crippen LogP contribution in [-0.2, 0) is 0 Å². The maximum Gasteiger partial charge on any atom is 0.0959 e. The van der Waals surface area contributed by atoms with Crippen molar-refractivity contribution < 1.29 is 4.39 Å². The zero-order chi connectivity index (χ0) is 8.15. The first kappa shape index (κ1) is 9.70. The molecule has 10 heavy (non-hydrogen) atoms. The second kappa shape index (κ2) is 4.51. The van der Waals surface area contributed by atoms with E-state index >= 15 is 0 Å². The van der Waals surface area contributed by atoms with Crippen LogP contribution in [0.2, 0.25) is 0 Å². The van der Waals surface area contributed by atoms with Crippen LogP contribution in [0.1, 0.15) is 20.3 Å². The highest BCUT2D eigenvalue weighted by Gasteiger charge is 2.06. The molecule has 58 valence electrons. The van der Waals surface area contributed by atoms with Crippen LogP contribution < -0.4 is 0 Å². The summed E-state index contributed by atoms with van der Waals surface area (Å²) >= 11 is 5.66. The first-order chi connectivity index (χ1) is 4.57. The van der Waals surface area contributed by atoms with Gasteiger partial charge in [0.25, 0.3) is 0 Å². The zero-order valence-corrected chi connectivity index (χ0v) is 7.08. The lowest BCUT2D eigenvalue weighted by atomic mass is 10.1. The second-order valence-electron chi connectivity index (χ2n) is 2.29. The molecule has 0 nitrogen and oxygen atoms in total. The Bertz CT molecular complexity index is 149. The summed E-state index contributed by atoms with van der Waals surface area (Å²) in [6.45, 7) is 6.78. The lowest BCUT2D eigenvalue weighted by molar-refractivity contribution is 0.497. The molecule has 0 bridgehead atoms. The predicted octanol–water partition coefficient (Wildman–Crippen LogP) is 3.64. The van der Waals surface area contributed by atoms with Gasteiger partial charge in [0, 0.05) is 11.0 Å². The molecule has 0 heterocycles. The van der Waals surface area contributed by atoms with Crippen molar-refractivity contribution in [3.8, 4) is 0 Å². The molecule has 0 fully saturated rings. The average molecular weight is 163 g/mol. The summed E-state index contributed by atoms with van der Waals surface area (Å²) < 4.78 is 12.3. The van der Waals surface area contributed by atoms with Crippen molar-refractivity contribution in [3.63, 3.8) is 0 Å². The van der Waals surface area contributed by atoms with Crippen molar-refractivity contribution in [1.82, 2.24) is 0 Å². The van der Waals surface area contributed by atoms with Crippen molar-refractivity contribution in [2.45, 2.75) is 20.3 Å². The normalized spacial score (nSPS) is 15.0. The topological polar surface area (TPSA) is 0 Å². The SMILES string of the molecule is C=C(F)C(C)C/C(Cl)=C\C. The molecule has 0 spiro atoms. The summed E-state index contributed by atoms with van der Waals surface area (Å²) in [7, 11) is 0. The van der Waals surface area contributed by atoms with E-state index in [2.05, 4.69) is 6.58 Å².